The van der Waals surface area contributed by atoms with Crippen LogP contribution < -0.4 is 5.32 Å². The summed E-state index contributed by atoms with van der Waals surface area (Å²) in [7, 11) is 0. The van der Waals surface area contributed by atoms with Crippen LogP contribution in [-0.2, 0) is 4.79 Å². The number of hydrogen-bond acceptors (Lipinski definition) is 5. The molecule has 0 spiro atoms. The molecule has 0 aliphatic rings. The molecule has 24 heavy (non-hydrogen) atoms. The molecule has 1 heterocycles. The van der Waals surface area contributed by atoms with Crippen molar-refractivity contribution in [2.75, 3.05) is 5.32 Å². The quantitative estimate of drug-likeness (QED) is 0.438. The summed E-state index contributed by atoms with van der Waals surface area (Å²) < 4.78 is 5.38. The minimum atomic E-state index is -0.486. The number of carbonyl (C=O) groups excluding carboxylic acids is 1. The predicted octanol–water partition coefficient (Wildman–Crippen LogP) is 4.04. The first-order valence-electron chi connectivity index (χ1n) is 6.81. The third-order valence-corrected chi connectivity index (χ3v) is 3.35. The molecule has 0 saturated heterocycles. The molecule has 7 nitrogen and oxygen atoms in total. The highest BCUT2D eigenvalue weighted by molar-refractivity contribution is 6.31. The van der Waals surface area contributed by atoms with Gasteiger partial charge in [0.05, 0.1) is 4.92 Å². The van der Waals surface area contributed by atoms with Crippen molar-refractivity contribution in [3.63, 3.8) is 0 Å². The zero-order valence-electron chi connectivity index (χ0n) is 12.1. The van der Waals surface area contributed by atoms with Crippen molar-refractivity contribution in [1.82, 2.24) is 4.98 Å². The number of rotatable bonds is 4. The second-order valence-electron chi connectivity index (χ2n) is 4.80. The zero-order chi connectivity index (χ0) is 17.1. The molecule has 3 rings (SSSR count). The lowest BCUT2D eigenvalue weighted by atomic mass is 10.2. The number of benzene rings is 2. The van der Waals surface area contributed by atoms with E-state index in [9.17, 15) is 14.9 Å². The fraction of sp³-hybridized carbons (Fsp3) is 0. The second kappa shape index (κ2) is 6.51. The highest BCUT2D eigenvalue weighted by Crippen LogP contribution is 2.22. The summed E-state index contributed by atoms with van der Waals surface area (Å²) in [5.74, 6) is -0.439. The Labute approximate surface area is 140 Å². The molecule has 0 unspecified atom stereocenters. The maximum absolute atomic E-state index is 11.9. The molecule has 3 aromatic rings. The Balaban J connectivity index is 1.68. The van der Waals surface area contributed by atoms with E-state index in [2.05, 4.69) is 10.3 Å². The summed E-state index contributed by atoms with van der Waals surface area (Å²) in [6, 6.07) is 10.8. The van der Waals surface area contributed by atoms with E-state index in [0.29, 0.717) is 21.7 Å². The Morgan fingerprint density at radius 2 is 2.00 bits per heavy atom. The third-order valence-electron chi connectivity index (χ3n) is 3.11. The van der Waals surface area contributed by atoms with Gasteiger partial charge in [-0.25, -0.2) is 0 Å². The monoisotopic (exact) mass is 343 g/mol. The average molecular weight is 344 g/mol. The van der Waals surface area contributed by atoms with Crippen molar-refractivity contribution in [2.45, 2.75) is 0 Å². The van der Waals surface area contributed by atoms with Crippen LogP contribution in [0.1, 0.15) is 5.56 Å². The molecule has 120 valence electrons. The highest BCUT2D eigenvalue weighted by atomic mass is 35.5. The van der Waals surface area contributed by atoms with Gasteiger partial charge in [0.15, 0.2) is 5.58 Å². The van der Waals surface area contributed by atoms with E-state index in [-0.39, 0.29) is 11.7 Å². The van der Waals surface area contributed by atoms with Crippen LogP contribution in [0.2, 0.25) is 5.02 Å². The van der Waals surface area contributed by atoms with Gasteiger partial charge in [-0.05, 0) is 42.0 Å². The molecular formula is C16H10ClN3O4. The normalized spacial score (nSPS) is 11.0. The molecule has 0 atom stereocenters. The molecule has 0 radical (unpaired) electrons. The number of halogens is 1. The van der Waals surface area contributed by atoms with Crippen molar-refractivity contribution in [1.29, 1.82) is 0 Å². The van der Waals surface area contributed by atoms with Crippen molar-refractivity contribution >= 4 is 46.4 Å². The van der Waals surface area contributed by atoms with Crippen LogP contribution in [0.3, 0.4) is 0 Å². The van der Waals surface area contributed by atoms with Gasteiger partial charge < -0.3 is 4.42 Å². The Morgan fingerprint density at radius 3 is 2.71 bits per heavy atom. The molecule has 1 amide bonds. The van der Waals surface area contributed by atoms with Crippen LogP contribution in [0, 0.1) is 10.1 Å². The molecule has 2 aromatic carbocycles. The molecule has 0 aliphatic heterocycles. The van der Waals surface area contributed by atoms with Gasteiger partial charge >= 0.3 is 6.01 Å². The molecular weight excluding hydrogens is 334 g/mol. The zero-order valence-corrected chi connectivity index (χ0v) is 12.9. The van der Waals surface area contributed by atoms with Gasteiger partial charge in [-0.1, -0.05) is 11.6 Å². The summed E-state index contributed by atoms with van der Waals surface area (Å²) in [5, 5.41) is 13.6. The first kappa shape index (κ1) is 15.7. The maximum Gasteiger partial charge on any atom is 0.302 e. The van der Waals surface area contributed by atoms with Crippen molar-refractivity contribution in [3.8, 4) is 0 Å². The van der Waals surface area contributed by atoms with Crippen molar-refractivity contribution < 1.29 is 14.1 Å². The summed E-state index contributed by atoms with van der Waals surface area (Å²) in [6.45, 7) is 0. The summed E-state index contributed by atoms with van der Waals surface area (Å²) >= 11 is 5.86. The Bertz CT molecular complexity index is 948. The first-order chi connectivity index (χ1) is 11.5. The number of amides is 1. The fourth-order valence-electron chi connectivity index (χ4n) is 1.98. The number of nitro groups is 1. The Kier molecular flexibility index (Phi) is 4.26. The number of fused-ring (bicyclic) bond motifs is 1. The number of nitrogens with one attached hydrogen (secondary N) is 1. The van der Waals surface area contributed by atoms with Gasteiger partial charge in [-0.15, -0.1) is 0 Å². The van der Waals surface area contributed by atoms with E-state index in [0.717, 1.165) is 0 Å². The van der Waals surface area contributed by atoms with Gasteiger partial charge in [-0.3, -0.25) is 20.2 Å². The van der Waals surface area contributed by atoms with Crippen LogP contribution in [0.15, 0.2) is 53.0 Å². The van der Waals surface area contributed by atoms with Gasteiger partial charge in [0, 0.05) is 23.2 Å². The number of carbonyl (C=O) groups is 1. The van der Waals surface area contributed by atoms with Crippen molar-refractivity contribution in [2.24, 2.45) is 0 Å². The number of anilines is 1. The molecule has 1 N–H and O–H groups in total. The predicted molar refractivity (Wildman–Crippen MR) is 89.8 cm³/mol. The Hall–Kier alpha value is -3.19. The van der Waals surface area contributed by atoms with Crippen LogP contribution in [0.4, 0.5) is 11.7 Å². The van der Waals surface area contributed by atoms with Crippen LogP contribution in [0.5, 0.6) is 0 Å². The van der Waals surface area contributed by atoms with Crippen LogP contribution >= 0.6 is 11.6 Å². The summed E-state index contributed by atoms with van der Waals surface area (Å²) in [5.41, 5.74) is 1.69. The molecule has 1 aromatic heterocycles. The van der Waals surface area contributed by atoms with E-state index in [4.69, 9.17) is 16.0 Å². The standard InChI is InChI=1S/C16H10ClN3O4/c17-11-4-7-14-13(9-11)18-16(24-14)19-15(21)8-3-10-1-5-12(6-2-10)20(22)23/h1-9H,(H,18,19,21)/b8-3+. The lowest BCUT2D eigenvalue weighted by Crippen LogP contribution is -2.07. The molecule has 0 saturated carbocycles. The van der Waals surface area contributed by atoms with E-state index in [1.54, 1.807) is 30.3 Å². The number of nitro benzene ring substituents is 1. The smallest absolute Gasteiger partial charge is 0.302 e. The van der Waals surface area contributed by atoms with Crippen molar-refractivity contribution in [3.05, 3.63) is 69.2 Å². The van der Waals surface area contributed by atoms with E-state index in [1.807, 2.05) is 0 Å². The fourth-order valence-corrected chi connectivity index (χ4v) is 2.15. The SMILES string of the molecule is O=C(/C=C/c1ccc([N+](=O)[O-])cc1)Nc1nc2cc(Cl)ccc2o1. The first-order valence-corrected chi connectivity index (χ1v) is 7.19. The molecule has 0 aliphatic carbocycles. The second-order valence-corrected chi connectivity index (χ2v) is 5.24. The third kappa shape index (κ3) is 3.58. The van der Waals surface area contributed by atoms with Gasteiger partial charge in [0.1, 0.15) is 5.52 Å². The summed E-state index contributed by atoms with van der Waals surface area (Å²) in [6.07, 6.45) is 2.81. The molecule has 0 bridgehead atoms. The summed E-state index contributed by atoms with van der Waals surface area (Å²) in [4.78, 5) is 26.1. The van der Waals surface area contributed by atoms with Gasteiger partial charge in [0.2, 0.25) is 0 Å². The average Bonchev–Trinajstić information content (AvgIpc) is 2.94. The number of oxazole rings is 1. The number of aromatic nitrogens is 1. The van der Waals surface area contributed by atoms with E-state index in [1.165, 1.54) is 24.3 Å². The minimum Gasteiger partial charge on any atom is -0.423 e. The maximum atomic E-state index is 11.9. The lowest BCUT2D eigenvalue weighted by molar-refractivity contribution is -0.384. The number of hydrogen-bond donors (Lipinski definition) is 1. The van der Waals surface area contributed by atoms with Crippen LogP contribution in [-0.4, -0.2) is 15.8 Å². The number of nitrogens with zero attached hydrogens (tertiary/aromatic N) is 2. The topological polar surface area (TPSA) is 98.3 Å². The molecule has 8 heteroatoms. The lowest BCUT2D eigenvalue weighted by Gasteiger charge is -1.95. The van der Waals surface area contributed by atoms with Gasteiger partial charge in [-0.2, -0.15) is 4.98 Å². The molecule has 0 fully saturated rings. The van der Waals surface area contributed by atoms with Crippen LogP contribution in [0.25, 0.3) is 17.2 Å². The number of non-ortho nitro benzene ring substituents is 1. The minimum absolute atomic E-state index is 0.0123. The van der Waals surface area contributed by atoms with E-state index < -0.39 is 10.8 Å². The van der Waals surface area contributed by atoms with Gasteiger partial charge in [0.25, 0.3) is 11.6 Å². The largest absolute Gasteiger partial charge is 0.423 e. The highest BCUT2D eigenvalue weighted by Gasteiger charge is 2.08. The van der Waals surface area contributed by atoms with E-state index >= 15 is 0 Å². The Morgan fingerprint density at radius 1 is 1.25 bits per heavy atom.